The van der Waals surface area contributed by atoms with E-state index < -0.39 is 0 Å². The van der Waals surface area contributed by atoms with Crippen LogP contribution in [0.1, 0.15) is 46.9 Å². The summed E-state index contributed by atoms with van der Waals surface area (Å²) >= 11 is 0. The van der Waals surface area contributed by atoms with E-state index in [4.69, 9.17) is 9.47 Å². The Morgan fingerprint density at radius 2 is 1.97 bits per heavy atom. The molecule has 0 radical (unpaired) electrons. The highest BCUT2D eigenvalue weighted by atomic mass is 16.6. The summed E-state index contributed by atoms with van der Waals surface area (Å²) in [4.78, 5) is 27.3. The van der Waals surface area contributed by atoms with Crippen LogP contribution in [-0.2, 0) is 4.74 Å². The van der Waals surface area contributed by atoms with E-state index in [0.29, 0.717) is 25.3 Å². The summed E-state index contributed by atoms with van der Waals surface area (Å²) in [5, 5.41) is 6.49. The van der Waals surface area contributed by atoms with Crippen molar-refractivity contribution in [2.75, 3.05) is 31.6 Å². The molecule has 0 saturated carbocycles. The van der Waals surface area contributed by atoms with Crippen molar-refractivity contribution < 1.29 is 19.1 Å². The topological polar surface area (TPSA) is 79.9 Å². The van der Waals surface area contributed by atoms with Crippen molar-refractivity contribution in [3.05, 3.63) is 84.5 Å². The first kappa shape index (κ1) is 23.4. The molecule has 1 fully saturated rings. The maximum absolute atomic E-state index is 12.9. The van der Waals surface area contributed by atoms with Gasteiger partial charge in [-0.25, -0.2) is 4.79 Å². The second kappa shape index (κ2) is 10.5. The molecule has 2 aromatic rings. The lowest BCUT2D eigenvalue weighted by Gasteiger charge is -2.40. The first-order chi connectivity index (χ1) is 16.6. The molecule has 2 aliphatic rings. The molecular weight excluding hydrogens is 430 g/mol. The number of rotatable bonds is 8. The van der Waals surface area contributed by atoms with Crippen LogP contribution in [0, 0.1) is 5.92 Å². The van der Waals surface area contributed by atoms with Gasteiger partial charge >= 0.3 is 6.09 Å². The maximum Gasteiger partial charge on any atom is 0.410 e. The smallest absolute Gasteiger partial charge is 0.410 e. The van der Waals surface area contributed by atoms with E-state index in [-0.39, 0.29) is 36.6 Å². The molecule has 4 rings (SSSR count). The third-order valence-corrected chi connectivity index (χ3v) is 6.33. The lowest BCUT2D eigenvalue weighted by atomic mass is 9.79. The van der Waals surface area contributed by atoms with E-state index in [0.717, 1.165) is 29.0 Å². The molecule has 7 heteroatoms. The van der Waals surface area contributed by atoms with Crippen molar-refractivity contribution in [2.24, 2.45) is 5.92 Å². The van der Waals surface area contributed by atoms with Gasteiger partial charge in [0, 0.05) is 30.3 Å². The minimum absolute atomic E-state index is 0.00539. The largest absolute Gasteiger partial charge is 0.494 e. The van der Waals surface area contributed by atoms with Crippen molar-refractivity contribution in [3.8, 4) is 5.75 Å². The molecule has 2 aliphatic heterocycles. The van der Waals surface area contributed by atoms with Crippen LogP contribution < -0.4 is 15.4 Å². The molecule has 2 N–H and O–H groups in total. The molecule has 2 amide bonds. The Bertz CT molecular complexity index is 1070. The molecule has 0 aromatic heterocycles. The van der Waals surface area contributed by atoms with Crippen LogP contribution in [0.2, 0.25) is 0 Å². The van der Waals surface area contributed by atoms with Gasteiger partial charge in [0.25, 0.3) is 5.91 Å². The summed E-state index contributed by atoms with van der Waals surface area (Å²) in [6, 6.07) is 13.5. The first-order valence-electron chi connectivity index (χ1n) is 11.6. The lowest BCUT2D eigenvalue weighted by Crippen LogP contribution is -2.38. The van der Waals surface area contributed by atoms with Crippen LogP contribution in [0.3, 0.4) is 0 Å². The number of nitrogens with one attached hydrogen (secondary N) is 2. The fourth-order valence-electron chi connectivity index (χ4n) is 4.87. The van der Waals surface area contributed by atoms with Crippen LogP contribution in [-0.4, -0.2) is 43.2 Å². The van der Waals surface area contributed by atoms with Gasteiger partial charge in [-0.1, -0.05) is 30.9 Å². The number of fused-ring (bicyclic) bond motifs is 3. The number of nitrogens with zero attached hydrogens (tertiary/aromatic N) is 1. The fourth-order valence-corrected chi connectivity index (χ4v) is 4.87. The number of amides is 2. The van der Waals surface area contributed by atoms with E-state index in [1.165, 1.54) is 0 Å². The number of hydrogen-bond acceptors (Lipinski definition) is 5. The van der Waals surface area contributed by atoms with Crippen LogP contribution in [0.5, 0.6) is 5.75 Å². The summed E-state index contributed by atoms with van der Waals surface area (Å²) in [6.07, 6.45) is 3.65. The second-order valence-electron chi connectivity index (χ2n) is 8.38. The van der Waals surface area contributed by atoms with Crippen molar-refractivity contribution >= 4 is 17.7 Å². The average Bonchev–Trinajstić information content (AvgIpc) is 3.31. The Morgan fingerprint density at radius 3 is 2.68 bits per heavy atom. The Kier molecular flexibility index (Phi) is 7.21. The van der Waals surface area contributed by atoms with E-state index in [2.05, 4.69) is 35.9 Å². The van der Waals surface area contributed by atoms with Crippen LogP contribution in [0.15, 0.2) is 67.8 Å². The van der Waals surface area contributed by atoms with Crippen molar-refractivity contribution in [2.45, 2.75) is 25.4 Å². The fraction of sp³-hybridized carbons (Fsp3) is 0.333. The standard InChI is InChI=1S/C27H31N3O4/c1-4-14-28-26(31)19-9-12-23-22(17-19)25-21(13-15-30(25)27(32)34-16-5-2)24(29-23)18-7-10-20(11-8-18)33-6-3/h4-5,7-12,17,21,24-25,29H,1-2,6,13-16H2,3H3,(H,28,31). The maximum atomic E-state index is 12.9. The Labute approximate surface area is 200 Å². The van der Waals surface area contributed by atoms with Gasteiger partial charge in [0.1, 0.15) is 12.4 Å². The van der Waals surface area contributed by atoms with Gasteiger partial charge in [-0.15, -0.1) is 6.58 Å². The highest BCUT2D eigenvalue weighted by Crippen LogP contribution is 2.51. The van der Waals surface area contributed by atoms with Gasteiger partial charge in [0.05, 0.1) is 18.7 Å². The zero-order chi connectivity index (χ0) is 24.1. The molecule has 3 unspecified atom stereocenters. The number of hydrogen-bond donors (Lipinski definition) is 2. The molecule has 34 heavy (non-hydrogen) atoms. The minimum atomic E-state index is -0.368. The molecule has 0 bridgehead atoms. The zero-order valence-electron chi connectivity index (χ0n) is 19.5. The highest BCUT2D eigenvalue weighted by molar-refractivity contribution is 5.95. The summed E-state index contributed by atoms with van der Waals surface area (Å²) in [5.74, 6) is 0.773. The van der Waals surface area contributed by atoms with Gasteiger partial charge in [0.15, 0.2) is 0 Å². The number of ether oxygens (including phenoxy) is 2. The van der Waals surface area contributed by atoms with Crippen molar-refractivity contribution in [1.29, 1.82) is 0 Å². The molecule has 1 saturated heterocycles. The van der Waals surface area contributed by atoms with Crippen LogP contribution in [0.4, 0.5) is 10.5 Å². The highest BCUT2D eigenvalue weighted by Gasteiger charge is 2.47. The number of benzene rings is 2. The van der Waals surface area contributed by atoms with Crippen LogP contribution in [0.25, 0.3) is 0 Å². The predicted octanol–water partition coefficient (Wildman–Crippen LogP) is 4.85. The minimum Gasteiger partial charge on any atom is -0.494 e. The molecule has 0 spiro atoms. The van der Waals surface area contributed by atoms with E-state index in [1.54, 1.807) is 23.1 Å². The van der Waals surface area contributed by atoms with Gasteiger partial charge < -0.3 is 25.0 Å². The molecule has 2 aromatic carbocycles. The average molecular weight is 462 g/mol. The number of carbonyl (C=O) groups is 2. The molecule has 178 valence electrons. The Hall–Kier alpha value is -3.74. The number of likely N-dealkylation sites (tertiary alicyclic amines) is 1. The summed E-state index contributed by atoms with van der Waals surface area (Å²) < 4.78 is 11.0. The van der Waals surface area contributed by atoms with Gasteiger partial charge in [-0.3, -0.25) is 4.79 Å². The summed E-state index contributed by atoms with van der Waals surface area (Å²) in [7, 11) is 0. The predicted molar refractivity (Wildman–Crippen MR) is 132 cm³/mol. The zero-order valence-corrected chi connectivity index (χ0v) is 19.5. The second-order valence-corrected chi connectivity index (χ2v) is 8.38. The molecule has 0 aliphatic carbocycles. The molecule has 2 heterocycles. The summed E-state index contributed by atoms with van der Waals surface area (Å²) in [5.41, 5.74) is 3.50. The van der Waals surface area contributed by atoms with Gasteiger partial charge in [0.2, 0.25) is 0 Å². The molecule has 3 atom stereocenters. The molecule has 7 nitrogen and oxygen atoms in total. The van der Waals surface area contributed by atoms with E-state index in [9.17, 15) is 9.59 Å². The Balaban J connectivity index is 1.70. The Morgan fingerprint density at radius 1 is 1.18 bits per heavy atom. The first-order valence-corrected chi connectivity index (χ1v) is 11.6. The van der Waals surface area contributed by atoms with Crippen molar-refractivity contribution in [3.63, 3.8) is 0 Å². The van der Waals surface area contributed by atoms with Crippen LogP contribution >= 0.6 is 0 Å². The number of carbonyl (C=O) groups excluding carboxylic acids is 2. The molecular formula is C27H31N3O4. The van der Waals surface area contributed by atoms with E-state index in [1.807, 2.05) is 31.2 Å². The van der Waals surface area contributed by atoms with Gasteiger partial charge in [-0.05, 0) is 54.8 Å². The monoisotopic (exact) mass is 461 g/mol. The van der Waals surface area contributed by atoms with E-state index >= 15 is 0 Å². The third-order valence-electron chi connectivity index (χ3n) is 6.33. The number of anilines is 1. The SMILES string of the molecule is C=CCNC(=O)c1ccc2c(c1)C1C(CCN1C(=O)OCC=C)C(c1ccc(OCC)cc1)N2. The lowest BCUT2D eigenvalue weighted by molar-refractivity contribution is 0.0957. The van der Waals surface area contributed by atoms with Gasteiger partial charge in [-0.2, -0.15) is 0 Å². The third kappa shape index (κ3) is 4.64. The summed E-state index contributed by atoms with van der Waals surface area (Å²) in [6.45, 7) is 11.0. The van der Waals surface area contributed by atoms with Crippen molar-refractivity contribution in [1.82, 2.24) is 10.2 Å². The quantitative estimate of drug-likeness (QED) is 0.549. The normalized spacial score (nSPS) is 20.4.